The number of halogens is 1. The first kappa shape index (κ1) is 27.6. The lowest BCUT2D eigenvalue weighted by molar-refractivity contribution is 0.0920. The zero-order chi connectivity index (χ0) is 27.2. The number of fused-ring (bicyclic) bond motifs is 1. The number of Topliss-reactive ketones (excluding diaryl/α,β-unsaturated/α-hetero) is 1. The Kier molecular flexibility index (Phi) is 7.27. The second-order valence-electron chi connectivity index (χ2n) is 10.2. The van der Waals surface area contributed by atoms with E-state index in [0.717, 1.165) is 6.07 Å². The molecule has 2 aromatic carbocycles. The van der Waals surface area contributed by atoms with Gasteiger partial charge in [0.2, 0.25) is 0 Å². The second-order valence-corrected chi connectivity index (χ2v) is 11.6. The van der Waals surface area contributed by atoms with Gasteiger partial charge in [0.25, 0.3) is 10.1 Å². The van der Waals surface area contributed by atoms with Gasteiger partial charge in [0.05, 0.1) is 35.8 Å². The number of carbonyl (C=O) groups excluding carboxylic acids is 1. The van der Waals surface area contributed by atoms with Crippen molar-refractivity contribution in [3.8, 4) is 11.5 Å². The Balaban J connectivity index is 2.07. The van der Waals surface area contributed by atoms with Gasteiger partial charge in [0.1, 0.15) is 5.84 Å². The van der Waals surface area contributed by atoms with Gasteiger partial charge in [-0.2, -0.15) is 8.42 Å². The highest BCUT2D eigenvalue weighted by atomic mass is 32.2. The molecule has 0 amide bonds. The van der Waals surface area contributed by atoms with E-state index in [1.54, 1.807) is 39.8 Å². The standard InChI is InChI=1S/C26H33FN2O6S/c1-8-34-20-13-18-21(22(27)23(20)35-9-2)24(28)29(26(18,6)7)14-19(30)15-10-16(25(3,4)5)12-17(11-15)36(31,32)33/h10-13,28H,8-9,14H2,1-7H3,(H,31,32,33). The third-order valence-electron chi connectivity index (χ3n) is 6.31. The van der Waals surface area contributed by atoms with Crippen LogP contribution in [0.3, 0.4) is 0 Å². The molecular formula is C26H33FN2O6S. The predicted octanol–water partition coefficient (Wildman–Crippen LogP) is 4.93. The number of rotatable bonds is 8. The lowest BCUT2D eigenvalue weighted by atomic mass is 9.85. The van der Waals surface area contributed by atoms with Crippen LogP contribution >= 0.6 is 0 Å². The molecule has 1 aliphatic rings. The maximum Gasteiger partial charge on any atom is 0.294 e. The van der Waals surface area contributed by atoms with E-state index in [1.165, 1.54) is 11.0 Å². The summed E-state index contributed by atoms with van der Waals surface area (Å²) in [5.74, 6) is -1.25. The van der Waals surface area contributed by atoms with Crippen LogP contribution in [0.25, 0.3) is 0 Å². The van der Waals surface area contributed by atoms with Crippen LogP contribution in [0.1, 0.15) is 75.5 Å². The van der Waals surface area contributed by atoms with Crippen LogP contribution in [0, 0.1) is 11.2 Å². The van der Waals surface area contributed by atoms with Crippen molar-refractivity contribution < 1.29 is 31.6 Å². The molecule has 0 saturated heterocycles. The molecule has 10 heteroatoms. The van der Waals surface area contributed by atoms with E-state index < -0.39 is 32.7 Å². The fraction of sp³-hybridized carbons (Fsp3) is 0.462. The fourth-order valence-electron chi connectivity index (χ4n) is 4.28. The minimum absolute atomic E-state index is 0.0294. The van der Waals surface area contributed by atoms with E-state index in [-0.39, 0.29) is 46.5 Å². The molecule has 1 aliphatic heterocycles. The monoisotopic (exact) mass is 520 g/mol. The lowest BCUT2D eigenvalue weighted by Gasteiger charge is -2.33. The minimum atomic E-state index is -4.56. The highest BCUT2D eigenvalue weighted by Gasteiger charge is 2.45. The summed E-state index contributed by atoms with van der Waals surface area (Å²) in [5.41, 5.74) is -0.324. The summed E-state index contributed by atoms with van der Waals surface area (Å²) < 4.78 is 60.1. The van der Waals surface area contributed by atoms with Crippen LogP contribution in [0.5, 0.6) is 11.5 Å². The molecule has 0 radical (unpaired) electrons. The molecule has 0 bridgehead atoms. The summed E-state index contributed by atoms with van der Waals surface area (Å²) in [5, 5.41) is 8.73. The van der Waals surface area contributed by atoms with Crippen molar-refractivity contribution in [2.45, 2.75) is 64.3 Å². The summed E-state index contributed by atoms with van der Waals surface area (Å²) >= 11 is 0. The average molecular weight is 521 g/mol. The number of ketones is 1. The average Bonchev–Trinajstić information content (AvgIpc) is 2.95. The lowest BCUT2D eigenvalue weighted by Crippen LogP contribution is -2.42. The first-order chi connectivity index (χ1) is 16.5. The normalized spacial score (nSPS) is 15.1. The molecule has 0 aromatic heterocycles. The molecule has 2 aromatic rings. The second kappa shape index (κ2) is 9.48. The molecule has 36 heavy (non-hydrogen) atoms. The Morgan fingerprint density at radius 2 is 1.72 bits per heavy atom. The number of hydrogen-bond acceptors (Lipinski definition) is 6. The Bertz CT molecular complexity index is 1330. The van der Waals surface area contributed by atoms with Gasteiger partial charge in [-0.25, -0.2) is 4.39 Å². The molecule has 0 aliphatic carbocycles. The minimum Gasteiger partial charge on any atom is -0.490 e. The molecule has 0 unspecified atom stereocenters. The third-order valence-corrected chi connectivity index (χ3v) is 7.14. The van der Waals surface area contributed by atoms with Crippen molar-refractivity contribution >= 4 is 21.7 Å². The molecule has 0 spiro atoms. The van der Waals surface area contributed by atoms with E-state index in [0.29, 0.717) is 17.7 Å². The molecule has 196 valence electrons. The molecule has 3 rings (SSSR count). The fourth-order valence-corrected chi connectivity index (χ4v) is 4.83. The number of benzene rings is 2. The summed E-state index contributed by atoms with van der Waals surface area (Å²) in [7, 11) is -4.56. The summed E-state index contributed by atoms with van der Waals surface area (Å²) in [6.45, 7) is 12.8. The third kappa shape index (κ3) is 4.97. The number of hydrogen-bond donors (Lipinski definition) is 2. The van der Waals surface area contributed by atoms with Crippen LogP contribution in [-0.4, -0.2) is 49.2 Å². The molecule has 0 fully saturated rings. The zero-order valence-electron chi connectivity index (χ0n) is 21.7. The van der Waals surface area contributed by atoms with Crippen molar-refractivity contribution in [1.82, 2.24) is 4.90 Å². The highest BCUT2D eigenvalue weighted by molar-refractivity contribution is 7.85. The van der Waals surface area contributed by atoms with E-state index >= 15 is 4.39 Å². The molecular weight excluding hydrogens is 487 g/mol. The Morgan fingerprint density at radius 3 is 2.25 bits per heavy atom. The molecule has 1 heterocycles. The van der Waals surface area contributed by atoms with Crippen LogP contribution in [0.2, 0.25) is 0 Å². The van der Waals surface area contributed by atoms with E-state index in [9.17, 15) is 17.8 Å². The van der Waals surface area contributed by atoms with Crippen molar-refractivity contribution in [2.75, 3.05) is 19.8 Å². The van der Waals surface area contributed by atoms with Crippen molar-refractivity contribution in [2.24, 2.45) is 0 Å². The Hall–Kier alpha value is -2.98. The van der Waals surface area contributed by atoms with Gasteiger partial charge in [0, 0.05) is 5.56 Å². The van der Waals surface area contributed by atoms with E-state index in [4.69, 9.17) is 14.9 Å². The number of nitrogens with zero attached hydrogens (tertiary/aromatic N) is 1. The SMILES string of the molecule is CCOc1cc2c(c(F)c1OCC)C(=N)N(CC(=O)c1cc(C(C)(C)C)cc(S(=O)(=O)O)c1)C2(C)C. The maximum absolute atomic E-state index is 15.6. The van der Waals surface area contributed by atoms with Gasteiger partial charge in [-0.3, -0.25) is 14.8 Å². The number of nitrogens with one attached hydrogen (secondary N) is 1. The predicted molar refractivity (Wildman–Crippen MR) is 135 cm³/mol. The first-order valence-corrected chi connectivity index (χ1v) is 13.1. The van der Waals surface area contributed by atoms with Crippen molar-refractivity contribution in [1.29, 1.82) is 5.41 Å². The molecule has 0 saturated carbocycles. The molecule has 2 N–H and O–H groups in total. The summed E-state index contributed by atoms with van der Waals surface area (Å²) in [4.78, 5) is 14.5. The van der Waals surface area contributed by atoms with Gasteiger partial charge in [-0.1, -0.05) is 20.8 Å². The topological polar surface area (TPSA) is 117 Å². The summed E-state index contributed by atoms with van der Waals surface area (Å²) in [6.07, 6.45) is 0. The Morgan fingerprint density at radius 1 is 1.11 bits per heavy atom. The van der Waals surface area contributed by atoms with Crippen molar-refractivity contribution in [3.05, 3.63) is 52.3 Å². The first-order valence-electron chi connectivity index (χ1n) is 11.7. The Labute approximate surface area is 211 Å². The smallest absolute Gasteiger partial charge is 0.294 e. The highest BCUT2D eigenvalue weighted by Crippen LogP contribution is 2.46. The van der Waals surface area contributed by atoms with Crippen LogP contribution < -0.4 is 9.47 Å². The van der Waals surface area contributed by atoms with Gasteiger partial charge in [-0.05, 0) is 68.5 Å². The number of amidine groups is 1. The van der Waals surface area contributed by atoms with Crippen molar-refractivity contribution in [3.63, 3.8) is 0 Å². The van der Waals surface area contributed by atoms with Crippen LogP contribution in [0.4, 0.5) is 4.39 Å². The molecule has 8 nitrogen and oxygen atoms in total. The van der Waals surface area contributed by atoms with Gasteiger partial charge >= 0.3 is 0 Å². The quantitative estimate of drug-likeness (QED) is 0.375. The number of ether oxygens (including phenoxy) is 2. The van der Waals surface area contributed by atoms with Gasteiger partial charge < -0.3 is 14.4 Å². The zero-order valence-corrected chi connectivity index (χ0v) is 22.5. The molecule has 0 atom stereocenters. The van der Waals surface area contributed by atoms with Crippen LogP contribution in [-0.2, 0) is 21.1 Å². The van der Waals surface area contributed by atoms with Gasteiger partial charge in [-0.15, -0.1) is 0 Å². The summed E-state index contributed by atoms with van der Waals surface area (Å²) in [6, 6.07) is 5.68. The van der Waals surface area contributed by atoms with E-state index in [2.05, 4.69) is 0 Å². The maximum atomic E-state index is 15.6. The van der Waals surface area contributed by atoms with Gasteiger partial charge in [0.15, 0.2) is 23.1 Å². The van der Waals surface area contributed by atoms with E-state index in [1.807, 2.05) is 20.8 Å². The largest absolute Gasteiger partial charge is 0.490 e. The van der Waals surface area contributed by atoms with Crippen LogP contribution in [0.15, 0.2) is 29.2 Å². The number of carbonyl (C=O) groups is 1.